The Bertz CT molecular complexity index is 2750. The third kappa shape index (κ3) is 42.2. The molecule has 2 saturated heterocycles. The van der Waals surface area contributed by atoms with Crippen LogP contribution in [0, 0.1) is 0 Å². The van der Waals surface area contributed by atoms with E-state index in [-0.39, 0.29) is 141 Å². The number of carbonyl (C=O) groups is 15. The van der Waals surface area contributed by atoms with Crippen LogP contribution in [0.5, 0.6) is 0 Å². The van der Waals surface area contributed by atoms with Crippen molar-refractivity contribution in [3.05, 3.63) is 0 Å². The first-order chi connectivity index (χ1) is 50.9. The summed E-state index contributed by atoms with van der Waals surface area (Å²) in [5.74, 6) is -8.65. The van der Waals surface area contributed by atoms with Gasteiger partial charge in [-0.2, -0.15) is 11.8 Å². The summed E-state index contributed by atoms with van der Waals surface area (Å²) < 4.78 is 21.7. The highest BCUT2D eigenvalue weighted by molar-refractivity contribution is 8.00. The summed E-state index contributed by atoms with van der Waals surface area (Å²) in [6.07, 6.45) is 6.74. The standard InChI is InChI=1S/C64H114N18O23S/c1-67-40(57(65)94)13-6-9-20-71-59(96)42(76-55(93)38-105-30-28-103-26-24-70-54(92)37-104-29-27-102-25-23-69-49(87)17-5-3-4-16-48-56-47(39-106-48)81-64(101)82-56)15-8-11-22-73-61(98)44(34-84)80-53(91)32-75-63(100)46(36-86)78-51(89)19-12-18-50(88)77-45(35-85)62(99)74-31-52(90)79-43(33-83)60(97)72-21-10-7-14-41(68-2)58(66)95/h40-48,56,67-68,83-86H,3-39H2,1-2H3,(H2,65,94)(H2,66,95)(H,69,87)(H,70,92)(H,71,96)(H,72,97)(H,73,98)(H,74,99)(H,75,100)(H,76,93)(H,77,88)(H,78,89)(H,79,90)(H,80,91)(H2,81,82,101)/t40-,41-,42-,43-,44-,45-,46-,47-,48-,56-/m0/s1. The molecule has 0 spiro atoms. The molecule has 604 valence electrons. The second-order valence-electron chi connectivity index (χ2n) is 24.7. The van der Waals surface area contributed by atoms with Crippen LogP contribution < -0.4 is 96.5 Å². The Hall–Kier alpha value is -8.20. The van der Waals surface area contributed by atoms with Crippen LogP contribution in [0.4, 0.5) is 4.79 Å². The molecule has 0 aliphatic carbocycles. The largest absolute Gasteiger partial charge is 0.394 e. The monoisotopic (exact) mass is 1530 g/mol. The van der Waals surface area contributed by atoms with Gasteiger partial charge < -0.3 is 136 Å². The summed E-state index contributed by atoms with van der Waals surface area (Å²) in [5.41, 5.74) is 10.7. The van der Waals surface area contributed by atoms with Gasteiger partial charge in [0, 0.05) is 63.0 Å². The molecule has 2 heterocycles. The van der Waals surface area contributed by atoms with Crippen molar-refractivity contribution in [1.29, 1.82) is 0 Å². The minimum Gasteiger partial charge on any atom is -0.394 e. The molecular formula is C64H114N18O23S. The quantitative estimate of drug-likeness (QED) is 0.0199. The van der Waals surface area contributed by atoms with E-state index in [1.807, 2.05) is 11.8 Å². The Kier molecular flexibility index (Phi) is 50.5. The summed E-state index contributed by atoms with van der Waals surface area (Å²) in [4.78, 5) is 186. The summed E-state index contributed by atoms with van der Waals surface area (Å²) in [7, 11) is 3.18. The van der Waals surface area contributed by atoms with Crippen LogP contribution in [0.3, 0.4) is 0 Å². The predicted octanol–water partition coefficient (Wildman–Crippen LogP) is -9.80. The Morgan fingerprint density at radius 2 is 0.792 bits per heavy atom. The number of nitrogens with one attached hydrogen (secondary N) is 16. The van der Waals surface area contributed by atoms with E-state index in [1.165, 1.54) is 0 Å². The zero-order chi connectivity index (χ0) is 78.4. The molecule has 2 fully saturated rings. The number of hydrogen-bond acceptors (Lipinski definition) is 26. The lowest BCUT2D eigenvalue weighted by molar-refractivity contribution is -0.133. The summed E-state index contributed by atoms with van der Waals surface area (Å²) in [6.45, 7) is -3.82. The lowest BCUT2D eigenvalue weighted by Crippen LogP contribution is -2.54. The van der Waals surface area contributed by atoms with Crippen LogP contribution in [-0.4, -0.2) is 314 Å². The van der Waals surface area contributed by atoms with Crippen molar-refractivity contribution in [2.45, 2.75) is 169 Å². The number of nitrogens with two attached hydrogens (primary N) is 2. The maximum absolute atomic E-state index is 13.3. The molecule has 0 aromatic rings. The number of unbranched alkanes of at least 4 members (excludes halogenated alkanes) is 5. The summed E-state index contributed by atoms with van der Waals surface area (Å²) in [5, 5.41) is 80.3. The number of ether oxygens (including phenoxy) is 4. The molecule has 0 bridgehead atoms. The van der Waals surface area contributed by atoms with Crippen LogP contribution in [0.15, 0.2) is 0 Å². The zero-order valence-electron chi connectivity index (χ0n) is 60.5. The van der Waals surface area contributed by atoms with Crippen LogP contribution in [-0.2, 0) is 86.1 Å². The maximum atomic E-state index is 13.3. The highest BCUT2D eigenvalue weighted by atomic mass is 32.2. The number of primary amides is 2. The molecule has 2 aliphatic rings. The number of aliphatic hydroxyl groups excluding tert-OH is 4. The van der Waals surface area contributed by atoms with E-state index in [0.29, 0.717) is 56.7 Å². The van der Waals surface area contributed by atoms with Gasteiger partial charge in [-0.25, -0.2) is 4.79 Å². The second kappa shape index (κ2) is 57.0. The number of thioether (sulfide) groups is 1. The SMILES string of the molecule is CN[C@@H](CCCCNC(=O)[C@H](CO)NC(=O)CNC(=O)[C@H](CO)NC(=O)CCCC(=O)N[C@@H](CO)C(=O)NCC(=O)N[C@@H](CO)C(=O)NCCCC[C@H](NC(=O)COCCOCCNC(=O)COCCOCCNC(=O)CCCCC[C@@H]1SC[C@@H]2NC(=O)N[C@@H]21)C(=O)NCCCC[C@H](NC)C(N)=O)C(N)=O. The van der Waals surface area contributed by atoms with E-state index in [1.54, 1.807) is 14.1 Å². The minimum absolute atomic E-state index is 0.00231. The molecule has 0 radical (unpaired) electrons. The Morgan fingerprint density at radius 1 is 0.406 bits per heavy atom. The Labute approximate surface area is 619 Å². The van der Waals surface area contributed by atoms with Crippen LogP contribution in [0.25, 0.3) is 0 Å². The first-order valence-electron chi connectivity index (χ1n) is 35.6. The predicted molar refractivity (Wildman–Crippen MR) is 380 cm³/mol. The van der Waals surface area contributed by atoms with Gasteiger partial charge in [-0.1, -0.05) is 12.8 Å². The first kappa shape index (κ1) is 93.9. The van der Waals surface area contributed by atoms with E-state index in [9.17, 15) is 92.3 Å². The number of amides is 16. The minimum atomic E-state index is -1.57. The van der Waals surface area contributed by atoms with Crippen molar-refractivity contribution in [2.24, 2.45) is 11.5 Å². The van der Waals surface area contributed by atoms with Gasteiger partial charge in [-0.05, 0) is 91.1 Å². The number of fused-ring (bicyclic) bond motifs is 1. The van der Waals surface area contributed by atoms with Crippen LogP contribution in [0.2, 0.25) is 0 Å². The van der Waals surface area contributed by atoms with Crippen LogP contribution >= 0.6 is 11.8 Å². The van der Waals surface area contributed by atoms with Gasteiger partial charge in [-0.3, -0.25) is 67.1 Å². The fraction of sp³-hybridized carbons (Fsp3) is 0.766. The fourth-order valence-electron chi connectivity index (χ4n) is 10.5. The van der Waals surface area contributed by atoms with Crippen molar-refractivity contribution in [1.82, 2.24) is 85.1 Å². The van der Waals surface area contributed by atoms with E-state index >= 15 is 0 Å². The highest BCUT2D eigenvalue weighted by Gasteiger charge is 2.42. The summed E-state index contributed by atoms with van der Waals surface area (Å²) in [6, 6.07) is -7.81. The molecular weight excluding hydrogens is 1420 g/mol. The molecule has 2 aliphatic heterocycles. The van der Waals surface area contributed by atoms with Crippen molar-refractivity contribution in [3.63, 3.8) is 0 Å². The number of urea groups is 1. The lowest BCUT2D eigenvalue weighted by atomic mass is 10.0. The average molecular weight is 1540 g/mol. The highest BCUT2D eigenvalue weighted by Crippen LogP contribution is 2.33. The fourth-order valence-corrected chi connectivity index (χ4v) is 12.0. The third-order valence-corrected chi connectivity index (χ3v) is 17.9. The molecule has 16 amide bonds. The maximum Gasteiger partial charge on any atom is 0.315 e. The van der Waals surface area contributed by atoms with E-state index in [2.05, 4.69) is 85.1 Å². The average Bonchev–Trinajstić information content (AvgIpc) is 1.67. The van der Waals surface area contributed by atoms with Gasteiger partial charge in [0.25, 0.3) is 0 Å². The molecule has 0 saturated carbocycles. The van der Waals surface area contributed by atoms with Crippen molar-refractivity contribution in [3.8, 4) is 0 Å². The van der Waals surface area contributed by atoms with Gasteiger partial charge in [-0.15, -0.1) is 0 Å². The molecule has 41 nitrogen and oxygen atoms in total. The Balaban J connectivity index is 1.65. The van der Waals surface area contributed by atoms with Gasteiger partial charge in [0.05, 0.1) is 103 Å². The van der Waals surface area contributed by atoms with Crippen molar-refractivity contribution in [2.75, 3.05) is 145 Å². The number of rotatable bonds is 63. The van der Waals surface area contributed by atoms with E-state index in [4.69, 9.17) is 30.4 Å². The second-order valence-corrected chi connectivity index (χ2v) is 26.0. The van der Waals surface area contributed by atoms with Crippen LogP contribution in [0.1, 0.15) is 109 Å². The molecule has 0 unspecified atom stereocenters. The number of likely N-dealkylation sites (N-methyl/N-ethyl adjacent to an activating group) is 2. The van der Waals surface area contributed by atoms with Crippen molar-refractivity contribution < 1.29 is 111 Å². The molecule has 24 N–H and O–H groups in total. The number of hydrogen-bond donors (Lipinski definition) is 22. The Morgan fingerprint density at radius 3 is 1.24 bits per heavy atom. The molecule has 2 rings (SSSR count). The molecule has 10 atom stereocenters. The topological polar surface area (TPSA) is 618 Å². The first-order valence-corrected chi connectivity index (χ1v) is 36.7. The van der Waals surface area contributed by atoms with Gasteiger partial charge >= 0.3 is 6.03 Å². The van der Waals surface area contributed by atoms with E-state index in [0.717, 1.165) is 31.4 Å². The smallest absolute Gasteiger partial charge is 0.315 e. The van der Waals surface area contributed by atoms with Gasteiger partial charge in [0.15, 0.2) is 0 Å². The summed E-state index contributed by atoms with van der Waals surface area (Å²) >= 11 is 1.88. The molecule has 42 heteroatoms. The number of aliphatic hydroxyl groups is 4. The lowest BCUT2D eigenvalue weighted by Gasteiger charge is -2.20. The zero-order valence-corrected chi connectivity index (χ0v) is 61.4. The number of carbonyl (C=O) groups excluding carboxylic acids is 15. The molecule has 0 aromatic heterocycles. The van der Waals surface area contributed by atoms with E-state index < -0.39 is 159 Å². The van der Waals surface area contributed by atoms with Gasteiger partial charge in [0.1, 0.15) is 43.4 Å². The van der Waals surface area contributed by atoms with Gasteiger partial charge in [0.2, 0.25) is 82.7 Å². The molecule has 106 heavy (non-hydrogen) atoms. The molecule has 0 aromatic carbocycles. The van der Waals surface area contributed by atoms with Crippen molar-refractivity contribution >= 4 is 100 Å². The normalized spacial score (nSPS) is 16.2. The third-order valence-electron chi connectivity index (χ3n) is 16.4.